The summed E-state index contributed by atoms with van der Waals surface area (Å²) in [6.07, 6.45) is 1.52. The number of nitrogens with one attached hydrogen (secondary N) is 1. The molecule has 0 radical (unpaired) electrons. The van der Waals surface area contributed by atoms with Gasteiger partial charge in [-0.05, 0) is 37.5 Å². The van der Waals surface area contributed by atoms with Gasteiger partial charge in [-0.1, -0.05) is 12.1 Å². The summed E-state index contributed by atoms with van der Waals surface area (Å²) in [5.41, 5.74) is 1.10. The van der Waals surface area contributed by atoms with Gasteiger partial charge in [0.1, 0.15) is 0 Å². The molecule has 1 aromatic carbocycles. The van der Waals surface area contributed by atoms with E-state index < -0.39 is 11.4 Å². The van der Waals surface area contributed by atoms with Crippen LogP contribution in [0.4, 0.5) is 10.5 Å². The summed E-state index contributed by atoms with van der Waals surface area (Å²) in [4.78, 5) is 25.1. The number of anilines is 1. The maximum absolute atomic E-state index is 12.3. The first-order chi connectivity index (χ1) is 11.0. The Kier molecular flexibility index (Phi) is 4.26. The molecule has 2 saturated heterocycles. The van der Waals surface area contributed by atoms with E-state index in [4.69, 9.17) is 4.74 Å². The molecule has 2 N–H and O–H groups in total. The first-order valence-electron chi connectivity index (χ1n) is 7.95. The lowest BCUT2D eigenvalue weighted by atomic mass is 9.90. The summed E-state index contributed by atoms with van der Waals surface area (Å²) in [5.74, 6) is -0.412. The number of likely N-dealkylation sites (tertiary alicyclic amines) is 1. The molecule has 23 heavy (non-hydrogen) atoms. The number of carboxylic acids is 1. The van der Waals surface area contributed by atoms with Gasteiger partial charge >= 0.3 is 12.0 Å². The lowest BCUT2D eigenvalue weighted by Crippen LogP contribution is -2.37. The highest BCUT2D eigenvalue weighted by molar-refractivity contribution is 5.90. The number of benzene rings is 1. The van der Waals surface area contributed by atoms with E-state index in [9.17, 15) is 14.7 Å². The minimum absolute atomic E-state index is 0.242. The molecule has 3 rings (SSSR count). The van der Waals surface area contributed by atoms with Crippen molar-refractivity contribution in [1.29, 1.82) is 0 Å². The summed E-state index contributed by atoms with van der Waals surface area (Å²) in [5, 5.41) is 12.1. The monoisotopic (exact) mass is 318 g/mol. The molecule has 6 heteroatoms. The summed E-state index contributed by atoms with van der Waals surface area (Å²) in [6.45, 7) is 3.95. The molecule has 0 bridgehead atoms. The van der Waals surface area contributed by atoms with Crippen LogP contribution >= 0.6 is 0 Å². The van der Waals surface area contributed by atoms with Crippen molar-refractivity contribution in [2.24, 2.45) is 5.41 Å². The van der Waals surface area contributed by atoms with Gasteiger partial charge in [0, 0.05) is 31.3 Å². The van der Waals surface area contributed by atoms with Crippen LogP contribution in [-0.2, 0) is 9.53 Å². The van der Waals surface area contributed by atoms with Gasteiger partial charge in [-0.25, -0.2) is 4.79 Å². The number of hydrogen-bond acceptors (Lipinski definition) is 3. The minimum atomic E-state index is -0.851. The SMILES string of the molecule is CC1(C(=O)O)CCN(C(=O)Nc2ccc(C3CCOC3)cc2)C1. The van der Waals surface area contributed by atoms with Crippen LogP contribution in [0.3, 0.4) is 0 Å². The zero-order valence-electron chi connectivity index (χ0n) is 13.2. The van der Waals surface area contributed by atoms with E-state index in [1.54, 1.807) is 11.8 Å². The first kappa shape index (κ1) is 15.8. The lowest BCUT2D eigenvalue weighted by molar-refractivity contribution is -0.146. The summed E-state index contributed by atoms with van der Waals surface area (Å²) < 4.78 is 5.39. The number of rotatable bonds is 3. The van der Waals surface area contributed by atoms with Crippen LogP contribution in [0.2, 0.25) is 0 Å². The standard InChI is InChI=1S/C17H22N2O4/c1-17(15(20)21)7-8-19(11-17)16(22)18-14-4-2-12(3-5-14)13-6-9-23-10-13/h2-5,13H,6-11H2,1H3,(H,18,22)(H,20,21). The quantitative estimate of drug-likeness (QED) is 0.897. The van der Waals surface area contributed by atoms with E-state index in [2.05, 4.69) is 5.32 Å². The van der Waals surface area contributed by atoms with Crippen molar-refractivity contribution in [3.05, 3.63) is 29.8 Å². The van der Waals surface area contributed by atoms with Crippen molar-refractivity contribution >= 4 is 17.7 Å². The van der Waals surface area contributed by atoms with Crippen molar-refractivity contribution in [3.63, 3.8) is 0 Å². The van der Waals surface area contributed by atoms with Crippen molar-refractivity contribution in [1.82, 2.24) is 4.90 Å². The number of nitrogens with zero attached hydrogens (tertiary/aromatic N) is 1. The molecular formula is C17H22N2O4. The van der Waals surface area contributed by atoms with Gasteiger partial charge in [0.25, 0.3) is 0 Å². The van der Waals surface area contributed by atoms with Crippen LogP contribution in [0.5, 0.6) is 0 Å². The number of ether oxygens (including phenoxy) is 1. The van der Waals surface area contributed by atoms with Crippen molar-refractivity contribution < 1.29 is 19.4 Å². The van der Waals surface area contributed by atoms with E-state index in [0.29, 0.717) is 18.9 Å². The predicted molar refractivity (Wildman–Crippen MR) is 85.6 cm³/mol. The molecule has 124 valence electrons. The normalized spacial score (nSPS) is 27.2. The van der Waals surface area contributed by atoms with E-state index in [1.165, 1.54) is 5.56 Å². The summed E-state index contributed by atoms with van der Waals surface area (Å²) in [7, 11) is 0. The fraction of sp³-hybridized carbons (Fsp3) is 0.529. The van der Waals surface area contributed by atoms with Gasteiger partial charge in [0.15, 0.2) is 0 Å². The molecule has 2 amide bonds. The van der Waals surface area contributed by atoms with Gasteiger partial charge in [-0.3, -0.25) is 4.79 Å². The average Bonchev–Trinajstić information content (AvgIpc) is 3.18. The Morgan fingerprint density at radius 1 is 1.35 bits per heavy atom. The highest BCUT2D eigenvalue weighted by Gasteiger charge is 2.42. The third kappa shape index (κ3) is 3.32. The minimum Gasteiger partial charge on any atom is -0.481 e. The summed E-state index contributed by atoms with van der Waals surface area (Å²) in [6, 6.07) is 7.56. The van der Waals surface area contributed by atoms with Crippen LogP contribution < -0.4 is 5.32 Å². The molecule has 2 unspecified atom stereocenters. The van der Waals surface area contributed by atoms with E-state index >= 15 is 0 Å². The Balaban J connectivity index is 1.59. The molecule has 1 aromatic rings. The van der Waals surface area contributed by atoms with Crippen molar-refractivity contribution in [2.75, 3.05) is 31.6 Å². The van der Waals surface area contributed by atoms with Gasteiger partial charge in [0.2, 0.25) is 0 Å². The molecule has 2 aliphatic heterocycles. The second-order valence-electron chi connectivity index (χ2n) is 6.65. The highest BCUT2D eigenvalue weighted by Crippen LogP contribution is 2.31. The number of urea groups is 1. The predicted octanol–water partition coefficient (Wildman–Crippen LogP) is 2.52. The molecule has 2 atom stereocenters. The maximum Gasteiger partial charge on any atom is 0.321 e. The number of aliphatic carboxylic acids is 1. The second-order valence-corrected chi connectivity index (χ2v) is 6.65. The molecule has 0 saturated carbocycles. The highest BCUT2D eigenvalue weighted by atomic mass is 16.5. The second kappa shape index (κ2) is 6.20. The molecule has 0 spiro atoms. The Bertz CT molecular complexity index is 595. The topological polar surface area (TPSA) is 78.9 Å². The molecule has 2 fully saturated rings. The van der Waals surface area contributed by atoms with Crippen LogP contribution in [0.25, 0.3) is 0 Å². The fourth-order valence-corrected chi connectivity index (χ4v) is 3.15. The van der Waals surface area contributed by atoms with Crippen LogP contribution in [0.15, 0.2) is 24.3 Å². The number of hydrogen-bond donors (Lipinski definition) is 2. The largest absolute Gasteiger partial charge is 0.481 e. The zero-order chi connectivity index (χ0) is 16.4. The third-order valence-electron chi connectivity index (χ3n) is 4.84. The Morgan fingerprint density at radius 2 is 2.09 bits per heavy atom. The van der Waals surface area contributed by atoms with E-state index in [0.717, 1.165) is 25.3 Å². The van der Waals surface area contributed by atoms with Gasteiger partial charge in [-0.15, -0.1) is 0 Å². The molecule has 2 aliphatic rings. The number of carbonyl (C=O) groups is 2. The van der Waals surface area contributed by atoms with Gasteiger partial charge in [0.05, 0.1) is 12.0 Å². The molecule has 0 aromatic heterocycles. The van der Waals surface area contributed by atoms with Crippen LogP contribution in [0, 0.1) is 5.41 Å². The molecular weight excluding hydrogens is 296 g/mol. The maximum atomic E-state index is 12.3. The lowest BCUT2D eigenvalue weighted by Gasteiger charge is -2.20. The molecule has 6 nitrogen and oxygen atoms in total. The summed E-state index contributed by atoms with van der Waals surface area (Å²) >= 11 is 0. The smallest absolute Gasteiger partial charge is 0.321 e. The van der Waals surface area contributed by atoms with E-state index in [-0.39, 0.29) is 12.6 Å². The van der Waals surface area contributed by atoms with Crippen molar-refractivity contribution in [2.45, 2.75) is 25.7 Å². The third-order valence-corrected chi connectivity index (χ3v) is 4.84. The Morgan fingerprint density at radius 3 is 2.65 bits per heavy atom. The van der Waals surface area contributed by atoms with Crippen molar-refractivity contribution in [3.8, 4) is 0 Å². The molecule has 2 heterocycles. The van der Waals surface area contributed by atoms with Gasteiger partial charge in [-0.2, -0.15) is 0 Å². The molecule has 0 aliphatic carbocycles. The van der Waals surface area contributed by atoms with Gasteiger partial charge < -0.3 is 20.1 Å². The number of carboxylic acid groups (broad SMARTS) is 1. The number of carbonyl (C=O) groups excluding carboxylic acids is 1. The zero-order valence-corrected chi connectivity index (χ0v) is 13.2. The Hall–Kier alpha value is -2.08. The van der Waals surface area contributed by atoms with Crippen LogP contribution in [0.1, 0.15) is 31.2 Å². The van der Waals surface area contributed by atoms with E-state index in [1.807, 2.05) is 24.3 Å². The Labute approximate surface area is 135 Å². The van der Waals surface area contributed by atoms with Crippen LogP contribution in [-0.4, -0.2) is 48.3 Å². The number of amides is 2. The fourth-order valence-electron chi connectivity index (χ4n) is 3.15. The first-order valence-corrected chi connectivity index (χ1v) is 7.95. The average molecular weight is 318 g/mol.